The van der Waals surface area contributed by atoms with Gasteiger partial charge in [-0.05, 0) is 36.9 Å². The molecule has 1 saturated heterocycles. The number of benzene rings is 1. The lowest BCUT2D eigenvalue weighted by molar-refractivity contribution is -0.0278. The molecule has 154 valence electrons. The summed E-state index contributed by atoms with van der Waals surface area (Å²) < 4.78 is 16.6. The summed E-state index contributed by atoms with van der Waals surface area (Å²) in [6, 6.07) is 11.2. The van der Waals surface area contributed by atoms with Gasteiger partial charge in [-0.15, -0.1) is 11.8 Å². The highest BCUT2D eigenvalue weighted by Gasteiger charge is 2.29. The Kier molecular flexibility index (Phi) is 7.20. The van der Waals surface area contributed by atoms with Crippen LogP contribution in [0.3, 0.4) is 0 Å². The van der Waals surface area contributed by atoms with Gasteiger partial charge in [-0.2, -0.15) is 5.26 Å². The molecule has 0 aliphatic carbocycles. The highest BCUT2D eigenvalue weighted by molar-refractivity contribution is 7.98. The number of likely N-dealkylation sites (tertiary alicyclic amines) is 1. The number of rotatable bonds is 7. The maximum Gasteiger partial charge on any atom is 0.164 e. The minimum atomic E-state index is -0.616. The van der Waals surface area contributed by atoms with Crippen LogP contribution in [-0.4, -0.2) is 60.8 Å². The third-order valence-electron chi connectivity index (χ3n) is 4.86. The Balaban J connectivity index is 1.60. The quantitative estimate of drug-likeness (QED) is 0.691. The van der Waals surface area contributed by atoms with Gasteiger partial charge in [0.25, 0.3) is 0 Å². The van der Waals surface area contributed by atoms with E-state index in [1.165, 1.54) is 11.8 Å². The average molecular weight is 416 g/mol. The van der Waals surface area contributed by atoms with Gasteiger partial charge in [-0.3, -0.25) is 4.90 Å². The van der Waals surface area contributed by atoms with Crippen molar-refractivity contribution in [2.75, 3.05) is 33.6 Å². The van der Waals surface area contributed by atoms with E-state index in [2.05, 4.69) is 16.0 Å². The summed E-state index contributed by atoms with van der Waals surface area (Å²) in [5.41, 5.74) is 1.48. The van der Waals surface area contributed by atoms with Crippen LogP contribution in [0.2, 0.25) is 0 Å². The fourth-order valence-electron chi connectivity index (χ4n) is 3.36. The van der Waals surface area contributed by atoms with Crippen molar-refractivity contribution in [1.29, 1.82) is 5.26 Å². The summed E-state index contributed by atoms with van der Waals surface area (Å²) in [7, 11) is 3.16. The zero-order chi connectivity index (χ0) is 20.8. The van der Waals surface area contributed by atoms with Crippen LogP contribution in [0.4, 0.5) is 0 Å². The summed E-state index contributed by atoms with van der Waals surface area (Å²) in [6.07, 6.45) is 1.70. The maximum absolute atomic E-state index is 10.6. The Morgan fingerprint density at radius 2 is 2.03 bits per heavy atom. The van der Waals surface area contributed by atoms with Crippen molar-refractivity contribution in [3.8, 4) is 23.3 Å². The molecule has 1 fully saturated rings. The normalized spacial score (nSPS) is 19.4. The van der Waals surface area contributed by atoms with Gasteiger partial charge in [0.1, 0.15) is 29.1 Å². The van der Waals surface area contributed by atoms with E-state index < -0.39 is 6.10 Å². The maximum atomic E-state index is 10.6. The summed E-state index contributed by atoms with van der Waals surface area (Å²) >= 11 is 1.46. The molecule has 1 aliphatic heterocycles. The topological polar surface area (TPSA) is 87.8 Å². The Hall–Kier alpha value is -2.47. The Bertz CT molecular complexity index is 887. The first-order valence-corrected chi connectivity index (χ1v) is 10.5. The molecule has 1 aromatic carbocycles. The fourth-order valence-corrected chi connectivity index (χ4v) is 3.90. The second kappa shape index (κ2) is 9.83. The number of aliphatic hydroxyl groups is 1. The van der Waals surface area contributed by atoms with Gasteiger partial charge in [-0.1, -0.05) is 0 Å². The fraction of sp³-hybridized carbons (Fsp3) is 0.429. The number of ether oxygens (including phenoxy) is 3. The number of nitrogens with zero attached hydrogens (tertiary/aromatic N) is 3. The third-order valence-corrected chi connectivity index (χ3v) is 5.56. The lowest BCUT2D eigenvalue weighted by Crippen LogP contribution is -2.48. The Morgan fingerprint density at radius 1 is 1.24 bits per heavy atom. The van der Waals surface area contributed by atoms with E-state index in [0.29, 0.717) is 42.3 Å². The van der Waals surface area contributed by atoms with E-state index in [0.717, 1.165) is 17.3 Å². The van der Waals surface area contributed by atoms with Crippen molar-refractivity contribution < 1.29 is 19.3 Å². The van der Waals surface area contributed by atoms with Crippen molar-refractivity contribution in [2.45, 2.75) is 30.2 Å². The van der Waals surface area contributed by atoms with E-state index in [4.69, 9.17) is 19.5 Å². The van der Waals surface area contributed by atoms with Crippen molar-refractivity contribution in [3.63, 3.8) is 0 Å². The first kappa shape index (κ1) is 21.2. The molecule has 7 nitrogen and oxygen atoms in total. The van der Waals surface area contributed by atoms with Crippen LogP contribution in [0.25, 0.3) is 0 Å². The molecular weight excluding hydrogens is 390 g/mol. The molecule has 2 atom stereocenters. The molecule has 2 aromatic rings. The second-order valence-electron chi connectivity index (χ2n) is 6.74. The van der Waals surface area contributed by atoms with E-state index >= 15 is 0 Å². The molecule has 3 rings (SSSR count). The van der Waals surface area contributed by atoms with Crippen LogP contribution in [0, 0.1) is 11.3 Å². The largest absolute Gasteiger partial charge is 0.493 e. The number of aromatic nitrogens is 1. The minimum Gasteiger partial charge on any atom is -0.493 e. The molecule has 0 spiro atoms. The van der Waals surface area contributed by atoms with Crippen molar-refractivity contribution in [2.24, 2.45) is 0 Å². The average Bonchev–Trinajstić information content (AvgIpc) is 2.75. The number of hydrogen-bond acceptors (Lipinski definition) is 8. The van der Waals surface area contributed by atoms with Crippen LogP contribution < -0.4 is 14.2 Å². The number of methoxy groups -OCH3 is 2. The molecular formula is C21H25N3O4S. The van der Waals surface area contributed by atoms with Crippen molar-refractivity contribution in [1.82, 2.24) is 9.88 Å². The zero-order valence-corrected chi connectivity index (χ0v) is 17.6. The Morgan fingerprint density at radius 3 is 2.69 bits per heavy atom. The van der Waals surface area contributed by atoms with Gasteiger partial charge in [0, 0.05) is 25.7 Å². The van der Waals surface area contributed by atoms with Crippen LogP contribution in [0.5, 0.6) is 17.2 Å². The predicted octanol–water partition coefficient (Wildman–Crippen LogP) is 2.71. The molecule has 8 heteroatoms. The van der Waals surface area contributed by atoms with E-state index in [-0.39, 0.29) is 6.10 Å². The number of piperidine rings is 1. The standard InChI is InChI=1S/C21H25N3O4S/c1-26-19-7-6-16(10-20(19)27-2)28-18-8-9-24(13-17(18)25)12-15-5-4-14(11-22)21(23-15)29-3/h4-7,10,17-18,25H,8-9,12-13H2,1-3H3/t17-,18-/m1/s1. The van der Waals surface area contributed by atoms with Gasteiger partial charge in [0.05, 0.1) is 25.5 Å². The number of hydrogen-bond donors (Lipinski definition) is 1. The molecule has 2 heterocycles. The number of pyridine rings is 1. The molecule has 0 saturated carbocycles. The van der Waals surface area contributed by atoms with Crippen molar-refractivity contribution >= 4 is 11.8 Å². The number of aliphatic hydroxyl groups excluding tert-OH is 1. The molecule has 0 amide bonds. The highest BCUT2D eigenvalue weighted by Crippen LogP contribution is 2.32. The van der Waals surface area contributed by atoms with E-state index in [1.54, 1.807) is 32.4 Å². The molecule has 1 N–H and O–H groups in total. The summed E-state index contributed by atoms with van der Waals surface area (Å²) in [4.78, 5) is 6.71. The second-order valence-corrected chi connectivity index (χ2v) is 7.53. The van der Waals surface area contributed by atoms with E-state index in [1.807, 2.05) is 18.4 Å². The summed E-state index contributed by atoms with van der Waals surface area (Å²) in [5, 5.41) is 20.5. The van der Waals surface area contributed by atoms with Gasteiger partial charge >= 0.3 is 0 Å². The molecule has 0 radical (unpaired) electrons. The van der Waals surface area contributed by atoms with Gasteiger partial charge < -0.3 is 19.3 Å². The number of nitriles is 1. The van der Waals surface area contributed by atoms with Gasteiger partial charge in [-0.25, -0.2) is 4.98 Å². The van der Waals surface area contributed by atoms with Crippen LogP contribution >= 0.6 is 11.8 Å². The van der Waals surface area contributed by atoms with Crippen LogP contribution in [0.15, 0.2) is 35.4 Å². The molecule has 0 bridgehead atoms. The first-order chi connectivity index (χ1) is 14.1. The third kappa shape index (κ3) is 5.12. The monoisotopic (exact) mass is 415 g/mol. The number of thioether (sulfide) groups is 1. The van der Waals surface area contributed by atoms with Gasteiger partial charge in [0.2, 0.25) is 0 Å². The lowest BCUT2D eigenvalue weighted by atomic mass is 10.0. The molecule has 1 aromatic heterocycles. The number of β-amino-alcohol motifs (C(OH)–C–C–N with tert-alkyl or cyclic N) is 1. The predicted molar refractivity (Wildman–Crippen MR) is 111 cm³/mol. The first-order valence-electron chi connectivity index (χ1n) is 9.31. The minimum absolute atomic E-state index is 0.292. The lowest BCUT2D eigenvalue weighted by Gasteiger charge is -2.35. The van der Waals surface area contributed by atoms with Crippen molar-refractivity contribution in [3.05, 3.63) is 41.6 Å². The summed E-state index contributed by atoms with van der Waals surface area (Å²) in [5.74, 6) is 1.86. The molecule has 29 heavy (non-hydrogen) atoms. The zero-order valence-electron chi connectivity index (χ0n) is 16.8. The Labute approximate surface area is 175 Å². The summed E-state index contributed by atoms with van der Waals surface area (Å²) in [6.45, 7) is 1.90. The SMILES string of the molecule is COc1ccc(O[C@@H]2CCN(Cc3ccc(C#N)c(SC)n3)C[C@H]2O)cc1OC. The molecule has 1 aliphatic rings. The highest BCUT2D eigenvalue weighted by atomic mass is 32.2. The van der Waals surface area contributed by atoms with Crippen LogP contribution in [-0.2, 0) is 6.54 Å². The van der Waals surface area contributed by atoms with Crippen LogP contribution in [0.1, 0.15) is 17.7 Å². The molecule has 0 unspecified atom stereocenters. The van der Waals surface area contributed by atoms with E-state index in [9.17, 15) is 5.11 Å². The van der Waals surface area contributed by atoms with Gasteiger partial charge in [0.15, 0.2) is 11.5 Å². The smallest absolute Gasteiger partial charge is 0.164 e.